The van der Waals surface area contributed by atoms with Crippen LogP contribution in [-0.4, -0.2) is 48.2 Å². The van der Waals surface area contributed by atoms with Crippen molar-refractivity contribution in [1.82, 2.24) is 0 Å². The van der Waals surface area contributed by atoms with Crippen LogP contribution in [0, 0.1) is 5.82 Å². The molecule has 3 atom stereocenters. The highest BCUT2D eigenvalue weighted by atomic mass is 19.4. The van der Waals surface area contributed by atoms with Crippen LogP contribution in [0.15, 0.2) is 48.5 Å². The van der Waals surface area contributed by atoms with Crippen molar-refractivity contribution < 1.29 is 51.5 Å². The van der Waals surface area contributed by atoms with Gasteiger partial charge in [-0.2, -0.15) is 13.2 Å². The lowest BCUT2D eigenvalue weighted by Crippen LogP contribution is -2.40. The lowest BCUT2D eigenvalue weighted by molar-refractivity contribution is -0.141. The number of alkyl halides is 3. The number of halogens is 4. The summed E-state index contributed by atoms with van der Waals surface area (Å²) in [6.45, 7) is 2.93. The van der Waals surface area contributed by atoms with E-state index in [-0.39, 0.29) is 65.8 Å². The fourth-order valence-electron chi connectivity index (χ4n) is 5.46. The smallest absolute Gasteiger partial charge is 0.417 e. The number of methoxy groups -OCH3 is 1. The van der Waals surface area contributed by atoms with Gasteiger partial charge in [-0.05, 0) is 67.6 Å². The largest absolute Gasteiger partial charge is 0.492 e. The molecule has 3 aromatic carbocycles. The molecular formula is C32H32F4O7. The highest BCUT2D eigenvalue weighted by molar-refractivity contribution is 5.75. The van der Waals surface area contributed by atoms with E-state index in [0.29, 0.717) is 24.2 Å². The standard InChI is InChI=1S/C32H32F4O7/c1-31(2,39)27(37)16-41-19-6-4-17(5-7-19)29-22-10-11-25(30(22)24(33)14-23(29)32(34,35)36)43-20-8-9-21-18(12-28(38)40-3)15-42-26(21)13-20/h4-9,13-14,18,25,27,37,39H,10-12,15-16H2,1-3H3. The molecule has 43 heavy (non-hydrogen) atoms. The average Bonchev–Trinajstić information content (AvgIpc) is 3.55. The van der Waals surface area contributed by atoms with Crippen LogP contribution in [0.2, 0.25) is 0 Å². The summed E-state index contributed by atoms with van der Waals surface area (Å²) in [6, 6.07) is 11.4. The Balaban J connectivity index is 1.42. The second-order valence-corrected chi connectivity index (χ2v) is 11.3. The number of carbonyl (C=O) groups is 1. The van der Waals surface area contributed by atoms with Gasteiger partial charge in [-0.15, -0.1) is 0 Å². The molecule has 11 heteroatoms. The van der Waals surface area contributed by atoms with E-state index in [1.54, 1.807) is 18.2 Å². The lowest BCUT2D eigenvalue weighted by Gasteiger charge is -2.24. The molecule has 3 aromatic rings. The summed E-state index contributed by atoms with van der Waals surface area (Å²) in [5, 5.41) is 19.9. The van der Waals surface area contributed by atoms with Gasteiger partial charge in [0.1, 0.15) is 41.9 Å². The molecule has 0 radical (unpaired) electrons. The number of ether oxygens (including phenoxy) is 4. The summed E-state index contributed by atoms with van der Waals surface area (Å²) >= 11 is 0. The van der Waals surface area contributed by atoms with Gasteiger partial charge in [-0.3, -0.25) is 4.79 Å². The van der Waals surface area contributed by atoms with E-state index in [4.69, 9.17) is 18.9 Å². The second kappa shape index (κ2) is 11.7. The van der Waals surface area contributed by atoms with Crippen molar-refractivity contribution in [1.29, 1.82) is 0 Å². The third-order valence-electron chi connectivity index (χ3n) is 7.86. The summed E-state index contributed by atoms with van der Waals surface area (Å²) in [6.07, 6.45) is -6.24. The van der Waals surface area contributed by atoms with E-state index in [9.17, 15) is 28.2 Å². The highest BCUT2D eigenvalue weighted by Gasteiger charge is 2.40. The number of aliphatic hydroxyl groups is 2. The molecule has 0 amide bonds. The summed E-state index contributed by atoms with van der Waals surface area (Å²) in [4.78, 5) is 11.7. The summed E-state index contributed by atoms with van der Waals surface area (Å²) in [5.74, 6) is -0.354. The zero-order valence-corrected chi connectivity index (χ0v) is 23.8. The molecule has 1 heterocycles. The average molecular weight is 605 g/mol. The van der Waals surface area contributed by atoms with Crippen molar-refractivity contribution >= 4 is 5.97 Å². The Morgan fingerprint density at radius 3 is 2.44 bits per heavy atom. The highest BCUT2D eigenvalue weighted by Crippen LogP contribution is 2.48. The fraction of sp³-hybridized carbons (Fsp3) is 0.406. The minimum Gasteiger partial charge on any atom is -0.492 e. The van der Waals surface area contributed by atoms with E-state index in [1.807, 2.05) is 0 Å². The number of benzene rings is 3. The van der Waals surface area contributed by atoms with Crippen LogP contribution >= 0.6 is 0 Å². The van der Waals surface area contributed by atoms with Crippen LogP contribution in [-0.2, 0) is 22.1 Å². The molecule has 0 saturated heterocycles. The van der Waals surface area contributed by atoms with Crippen molar-refractivity contribution in [3.05, 3.63) is 76.6 Å². The Hall–Kier alpha value is -3.83. The number of hydrogen-bond donors (Lipinski definition) is 2. The molecule has 0 aromatic heterocycles. The Kier molecular flexibility index (Phi) is 8.32. The third-order valence-corrected chi connectivity index (χ3v) is 7.86. The fourth-order valence-corrected chi connectivity index (χ4v) is 5.46. The van der Waals surface area contributed by atoms with Gasteiger partial charge >= 0.3 is 12.1 Å². The maximum Gasteiger partial charge on any atom is 0.417 e. The van der Waals surface area contributed by atoms with Gasteiger partial charge in [0.25, 0.3) is 0 Å². The minimum absolute atomic E-state index is 0.0709. The first kappa shape index (κ1) is 30.6. The van der Waals surface area contributed by atoms with Crippen molar-refractivity contribution in [2.75, 3.05) is 20.3 Å². The molecule has 0 spiro atoms. The van der Waals surface area contributed by atoms with Gasteiger partial charge in [-0.1, -0.05) is 18.2 Å². The molecule has 1 aliphatic carbocycles. The molecule has 2 aliphatic rings. The molecule has 0 saturated carbocycles. The quantitative estimate of drug-likeness (QED) is 0.224. The monoisotopic (exact) mass is 604 g/mol. The zero-order valence-electron chi connectivity index (χ0n) is 23.8. The van der Waals surface area contributed by atoms with E-state index >= 15 is 4.39 Å². The van der Waals surface area contributed by atoms with Gasteiger partial charge < -0.3 is 29.2 Å². The first-order valence-electron chi connectivity index (χ1n) is 13.8. The topological polar surface area (TPSA) is 94.5 Å². The number of fused-ring (bicyclic) bond motifs is 2. The van der Waals surface area contributed by atoms with Crippen LogP contribution in [0.5, 0.6) is 17.2 Å². The van der Waals surface area contributed by atoms with Crippen molar-refractivity contribution in [2.24, 2.45) is 0 Å². The molecule has 0 bridgehead atoms. The maximum absolute atomic E-state index is 15.4. The number of carbonyl (C=O) groups excluding carboxylic acids is 1. The van der Waals surface area contributed by atoms with Crippen molar-refractivity contribution in [3.8, 4) is 28.4 Å². The van der Waals surface area contributed by atoms with E-state index in [0.717, 1.165) is 5.56 Å². The van der Waals surface area contributed by atoms with E-state index in [2.05, 4.69) is 0 Å². The first-order valence-corrected chi connectivity index (χ1v) is 13.8. The zero-order chi connectivity index (χ0) is 31.1. The van der Waals surface area contributed by atoms with Crippen molar-refractivity contribution in [2.45, 2.75) is 63.0 Å². The predicted molar refractivity (Wildman–Crippen MR) is 148 cm³/mol. The van der Waals surface area contributed by atoms with Crippen LogP contribution in [0.25, 0.3) is 11.1 Å². The maximum atomic E-state index is 15.4. The van der Waals surface area contributed by atoms with Gasteiger partial charge in [0.15, 0.2) is 0 Å². The SMILES string of the molecule is COC(=O)CC1COc2cc(OC3CCc4c(-c5ccc(OCC(O)C(C)(C)O)cc5)c(C(F)(F)F)cc(F)c43)ccc21. The van der Waals surface area contributed by atoms with E-state index < -0.39 is 35.4 Å². The molecular weight excluding hydrogens is 572 g/mol. The lowest BCUT2D eigenvalue weighted by atomic mass is 9.91. The van der Waals surface area contributed by atoms with Crippen molar-refractivity contribution in [3.63, 3.8) is 0 Å². The second-order valence-electron chi connectivity index (χ2n) is 11.3. The first-order chi connectivity index (χ1) is 20.3. The van der Waals surface area contributed by atoms with Crippen LogP contribution in [0.3, 0.4) is 0 Å². The number of aliphatic hydroxyl groups excluding tert-OH is 1. The Labute approximate surface area is 246 Å². The van der Waals surface area contributed by atoms with Gasteiger partial charge in [0.2, 0.25) is 0 Å². The molecule has 7 nitrogen and oxygen atoms in total. The van der Waals surface area contributed by atoms with Gasteiger partial charge in [-0.25, -0.2) is 4.39 Å². The number of hydrogen-bond acceptors (Lipinski definition) is 7. The Morgan fingerprint density at radius 1 is 1.09 bits per heavy atom. The van der Waals surface area contributed by atoms with Crippen LogP contribution in [0.1, 0.15) is 61.0 Å². The van der Waals surface area contributed by atoms with Gasteiger partial charge in [0.05, 0.1) is 31.3 Å². The minimum atomic E-state index is -4.81. The Bertz CT molecular complexity index is 1500. The normalized spacial score (nSPS) is 18.4. The predicted octanol–water partition coefficient (Wildman–Crippen LogP) is 6.13. The van der Waals surface area contributed by atoms with Gasteiger partial charge in [0, 0.05) is 23.1 Å². The molecule has 1 aliphatic heterocycles. The molecule has 2 N–H and O–H groups in total. The molecule has 230 valence electrons. The molecule has 0 fully saturated rings. The van der Waals surface area contributed by atoms with Crippen LogP contribution < -0.4 is 14.2 Å². The molecule has 3 unspecified atom stereocenters. The number of esters is 1. The number of rotatable bonds is 9. The summed E-state index contributed by atoms with van der Waals surface area (Å²) in [5.41, 5.74) is -1.27. The third kappa shape index (κ3) is 6.42. The summed E-state index contributed by atoms with van der Waals surface area (Å²) < 4.78 is 80.0. The Morgan fingerprint density at radius 2 is 1.79 bits per heavy atom. The summed E-state index contributed by atoms with van der Waals surface area (Å²) in [7, 11) is 1.31. The molecule has 5 rings (SSSR count). The van der Waals surface area contributed by atoms with Crippen LogP contribution in [0.4, 0.5) is 17.6 Å². The van der Waals surface area contributed by atoms with E-state index in [1.165, 1.54) is 45.2 Å².